The van der Waals surface area contributed by atoms with Crippen molar-refractivity contribution in [3.63, 3.8) is 0 Å². The fourth-order valence-corrected chi connectivity index (χ4v) is 1.96. The molecule has 1 aromatic rings. The number of halogens is 1. The van der Waals surface area contributed by atoms with Crippen molar-refractivity contribution in [3.8, 4) is 0 Å². The standard InChI is InChI=1S/C5H4BrNO2S/c6-4-2-10-1-3(4)5(8)7-9/h1-2,9H,(H,7,8). The molecule has 1 aromatic heterocycles. The van der Waals surface area contributed by atoms with Crippen molar-refractivity contribution < 1.29 is 10.0 Å². The average Bonchev–Trinajstić information content (AvgIpc) is 2.34. The monoisotopic (exact) mass is 221 g/mol. The molecule has 5 heteroatoms. The SMILES string of the molecule is O=C(NO)c1cscc1Br. The number of hydroxylamine groups is 1. The van der Waals surface area contributed by atoms with E-state index in [2.05, 4.69) is 15.9 Å². The first-order valence-electron chi connectivity index (χ1n) is 2.42. The minimum atomic E-state index is -0.492. The van der Waals surface area contributed by atoms with Gasteiger partial charge >= 0.3 is 0 Å². The Labute approximate surface area is 69.8 Å². The zero-order valence-electron chi connectivity index (χ0n) is 4.80. The zero-order valence-corrected chi connectivity index (χ0v) is 7.20. The molecule has 1 heterocycles. The Kier molecular flexibility index (Phi) is 2.42. The van der Waals surface area contributed by atoms with E-state index >= 15 is 0 Å². The van der Waals surface area contributed by atoms with Gasteiger partial charge in [0.05, 0.1) is 5.56 Å². The third-order valence-electron chi connectivity index (χ3n) is 0.961. The molecule has 2 N–H and O–H groups in total. The summed E-state index contributed by atoms with van der Waals surface area (Å²) in [5, 5.41) is 11.6. The molecular formula is C5H4BrNO2S. The summed E-state index contributed by atoms with van der Waals surface area (Å²) in [5.41, 5.74) is 2.00. The van der Waals surface area contributed by atoms with E-state index in [4.69, 9.17) is 5.21 Å². The number of thiophene rings is 1. The smallest absolute Gasteiger partial charge is 0.276 e. The first-order chi connectivity index (χ1) is 4.75. The minimum Gasteiger partial charge on any atom is -0.288 e. The molecule has 0 saturated carbocycles. The van der Waals surface area contributed by atoms with E-state index in [-0.39, 0.29) is 0 Å². The molecule has 1 rings (SSSR count). The van der Waals surface area contributed by atoms with Crippen molar-refractivity contribution in [1.82, 2.24) is 5.48 Å². The van der Waals surface area contributed by atoms with Gasteiger partial charge in [-0.1, -0.05) is 0 Å². The molecule has 0 bridgehead atoms. The van der Waals surface area contributed by atoms with Crippen LogP contribution < -0.4 is 5.48 Å². The van der Waals surface area contributed by atoms with E-state index < -0.39 is 5.91 Å². The maximum Gasteiger partial charge on any atom is 0.276 e. The van der Waals surface area contributed by atoms with E-state index in [0.29, 0.717) is 10.0 Å². The number of amides is 1. The van der Waals surface area contributed by atoms with Gasteiger partial charge < -0.3 is 0 Å². The van der Waals surface area contributed by atoms with Gasteiger partial charge in [0.15, 0.2) is 0 Å². The first kappa shape index (κ1) is 7.71. The van der Waals surface area contributed by atoms with Crippen molar-refractivity contribution >= 4 is 33.2 Å². The fourth-order valence-electron chi connectivity index (χ4n) is 0.504. The molecule has 0 saturated heterocycles. The van der Waals surface area contributed by atoms with Crippen LogP contribution in [0, 0.1) is 0 Å². The maximum atomic E-state index is 10.7. The van der Waals surface area contributed by atoms with Crippen molar-refractivity contribution in [1.29, 1.82) is 0 Å². The van der Waals surface area contributed by atoms with Crippen LogP contribution in [0.5, 0.6) is 0 Å². The Balaban J connectivity index is 2.93. The highest BCUT2D eigenvalue weighted by atomic mass is 79.9. The van der Waals surface area contributed by atoms with Gasteiger partial charge in [-0.2, -0.15) is 11.3 Å². The number of nitrogens with one attached hydrogen (secondary N) is 1. The van der Waals surface area contributed by atoms with E-state index in [1.165, 1.54) is 11.3 Å². The second-order valence-corrected chi connectivity index (χ2v) is 3.17. The lowest BCUT2D eigenvalue weighted by Gasteiger charge is -1.92. The van der Waals surface area contributed by atoms with Crippen molar-refractivity contribution in [2.45, 2.75) is 0 Å². The maximum absolute atomic E-state index is 10.7. The summed E-state index contributed by atoms with van der Waals surface area (Å²) in [6, 6.07) is 0. The largest absolute Gasteiger partial charge is 0.288 e. The molecule has 0 spiro atoms. The molecule has 0 aliphatic carbocycles. The second-order valence-electron chi connectivity index (χ2n) is 1.57. The molecular weight excluding hydrogens is 218 g/mol. The number of hydrogen-bond acceptors (Lipinski definition) is 3. The van der Waals surface area contributed by atoms with E-state index in [9.17, 15) is 4.79 Å². The summed E-state index contributed by atoms with van der Waals surface area (Å²) in [7, 11) is 0. The molecule has 1 amide bonds. The average molecular weight is 222 g/mol. The van der Waals surface area contributed by atoms with E-state index in [1.807, 2.05) is 0 Å². The first-order valence-corrected chi connectivity index (χ1v) is 4.15. The number of rotatable bonds is 1. The van der Waals surface area contributed by atoms with Crippen molar-refractivity contribution in [2.24, 2.45) is 0 Å². The van der Waals surface area contributed by atoms with Crippen LogP contribution in [0.2, 0.25) is 0 Å². The number of carbonyl (C=O) groups excluding carboxylic acids is 1. The molecule has 54 valence electrons. The van der Waals surface area contributed by atoms with Gasteiger partial charge in [0, 0.05) is 15.2 Å². The summed E-state index contributed by atoms with van der Waals surface area (Å²) < 4.78 is 0.698. The van der Waals surface area contributed by atoms with Crippen LogP contribution in [-0.4, -0.2) is 11.1 Å². The van der Waals surface area contributed by atoms with Crippen molar-refractivity contribution in [2.75, 3.05) is 0 Å². The Hall–Kier alpha value is -0.390. The summed E-state index contributed by atoms with van der Waals surface area (Å²) in [6.45, 7) is 0. The van der Waals surface area contributed by atoms with Crippen LogP contribution >= 0.6 is 27.3 Å². The molecule has 0 unspecified atom stereocenters. The Bertz CT molecular complexity index is 248. The molecule has 0 aliphatic rings. The van der Waals surface area contributed by atoms with Crippen LogP contribution in [0.4, 0.5) is 0 Å². The molecule has 0 aliphatic heterocycles. The van der Waals surface area contributed by atoms with E-state index in [1.54, 1.807) is 16.2 Å². The fraction of sp³-hybridized carbons (Fsp3) is 0. The van der Waals surface area contributed by atoms with Gasteiger partial charge in [-0.05, 0) is 15.9 Å². The van der Waals surface area contributed by atoms with Gasteiger partial charge in [-0.15, -0.1) is 0 Å². The lowest BCUT2D eigenvalue weighted by atomic mass is 10.3. The Morgan fingerprint density at radius 3 is 2.80 bits per heavy atom. The summed E-state index contributed by atoms with van der Waals surface area (Å²) in [5.74, 6) is -0.492. The molecule has 0 radical (unpaired) electrons. The molecule has 0 fully saturated rings. The van der Waals surface area contributed by atoms with Crippen LogP contribution in [0.1, 0.15) is 10.4 Å². The van der Waals surface area contributed by atoms with Gasteiger partial charge in [-0.3, -0.25) is 10.0 Å². The third kappa shape index (κ3) is 1.36. The predicted octanol–water partition coefficient (Wildman–Crippen LogP) is 1.63. The minimum absolute atomic E-state index is 0.451. The highest BCUT2D eigenvalue weighted by molar-refractivity contribution is 9.10. The number of carbonyl (C=O) groups is 1. The Morgan fingerprint density at radius 1 is 1.70 bits per heavy atom. The third-order valence-corrected chi connectivity index (χ3v) is 2.66. The zero-order chi connectivity index (χ0) is 7.56. The van der Waals surface area contributed by atoms with Gasteiger partial charge in [0.1, 0.15) is 0 Å². The molecule has 0 aromatic carbocycles. The van der Waals surface area contributed by atoms with Crippen LogP contribution in [0.15, 0.2) is 15.2 Å². The summed E-state index contributed by atoms with van der Waals surface area (Å²) >= 11 is 4.54. The lowest BCUT2D eigenvalue weighted by Crippen LogP contribution is -2.18. The predicted molar refractivity (Wildman–Crippen MR) is 41.3 cm³/mol. The van der Waals surface area contributed by atoms with E-state index in [0.717, 1.165) is 0 Å². The van der Waals surface area contributed by atoms with Gasteiger partial charge in [0.25, 0.3) is 5.91 Å². The van der Waals surface area contributed by atoms with Crippen LogP contribution in [0.3, 0.4) is 0 Å². The van der Waals surface area contributed by atoms with Gasteiger partial charge in [-0.25, -0.2) is 5.48 Å². The van der Waals surface area contributed by atoms with Crippen molar-refractivity contribution in [3.05, 3.63) is 20.8 Å². The Morgan fingerprint density at radius 2 is 2.40 bits per heavy atom. The molecule has 10 heavy (non-hydrogen) atoms. The topological polar surface area (TPSA) is 49.3 Å². The van der Waals surface area contributed by atoms with Crippen LogP contribution in [-0.2, 0) is 0 Å². The lowest BCUT2D eigenvalue weighted by molar-refractivity contribution is 0.0706. The second kappa shape index (κ2) is 3.14. The summed E-state index contributed by atoms with van der Waals surface area (Å²) in [4.78, 5) is 10.7. The quantitative estimate of drug-likeness (QED) is 0.560. The highest BCUT2D eigenvalue weighted by Crippen LogP contribution is 2.20. The highest BCUT2D eigenvalue weighted by Gasteiger charge is 2.08. The number of hydrogen-bond donors (Lipinski definition) is 2. The summed E-state index contributed by atoms with van der Waals surface area (Å²) in [6.07, 6.45) is 0. The normalized spacial score (nSPS) is 9.40. The molecule has 3 nitrogen and oxygen atoms in total. The van der Waals surface area contributed by atoms with Gasteiger partial charge in [0.2, 0.25) is 0 Å². The molecule has 0 atom stereocenters. The van der Waals surface area contributed by atoms with Crippen LogP contribution in [0.25, 0.3) is 0 Å².